The Morgan fingerprint density at radius 3 is 2.70 bits per heavy atom. The third-order valence-corrected chi connectivity index (χ3v) is 3.67. The molecule has 0 aliphatic carbocycles. The molecule has 2 aromatic carbocycles. The van der Waals surface area contributed by atoms with Crippen LogP contribution in [0.2, 0.25) is 5.02 Å². The molecule has 0 bridgehead atoms. The van der Waals surface area contributed by atoms with E-state index >= 15 is 0 Å². The van der Waals surface area contributed by atoms with Gasteiger partial charge in [0.1, 0.15) is 12.7 Å². The number of ether oxygens (including phenoxy) is 2. The van der Waals surface area contributed by atoms with E-state index in [0.717, 1.165) is 29.0 Å². The second-order valence-corrected chi connectivity index (χ2v) is 5.15. The number of hydrogen-bond donors (Lipinski definition) is 1. The van der Waals surface area contributed by atoms with Crippen molar-refractivity contribution in [1.82, 2.24) is 0 Å². The monoisotopic (exact) mass is 289 g/mol. The van der Waals surface area contributed by atoms with Gasteiger partial charge in [-0.3, -0.25) is 0 Å². The zero-order valence-electron chi connectivity index (χ0n) is 11.0. The van der Waals surface area contributed by atoms with Crippen molar-refractivity contribution in [3.05, 3.63) is 47.5 Å². The fourth-order valence-corrected chi connectivity index (χ4v) is 2.59. The lowest BCUT2D eigenvalue weighted by atomic mass is 10.0. The van der Waals surface area contributed by atoms with E-state index in [1.54, 1.807) is 0 Å². The van der Waals surface area contributed by atoms with Gasteiger partial charge >= 0.3 is 0 Å². The molecule has 1 unspecified atom stereocenters. The van der Waals surface area contributed by atoms with Gasteiger partial charge < -0.3 is 15.2 Å². The summed E-state index contributed by atoms with van der Waals surface area (Å²) in [4.78, 5) is 0. The molecule has 0 spiro atoms. The summed E-state index contributed by atoms with van der Waals surface area (Å²) in [5.74, 6) is 1.51. The molecular weight excluding hydrogens is 274 g/mol. The van der Waals surface area contributed by atoms with Crippen molar-refractivity contribution in [2.75, 3.05) is 13.2 Å². The lowest BCUT2D eigenvalue weighted by Crippen LogP contribution is -2.31. The van der Waals surface area contributed by atoms with Gasteiger partial charge in [-0.15, -0.1) is 0 Å². The van der Waals surface area contributed by atoms with E-state index < -0.39 is 0 Å². The Bertz CT molecular complexity index is 615. The van der Waals surface area contributed by atoms with Crippen LogP contribution in [-0.4, -0.2) is 19.3 Å². The van der Waals surface area contributed by atoms with Crippen molar-refractivity contribution >= 4 is 11.6 Å². The van der Waals surface area contributed by atoms with Crippen LogP contribution in [0.3, 0.4) is 0 Å². The average molecular weight is 290 g/mol. The highest BCUT2D eigenvalue weighted by Crippen LogP contribution is 2.43. The molecule has 1 aliphatic rings. The van der Waals surface area contributed by atoms with Crippen molar-refractivity contribution < 1.29 is 9.47 Å². The van der Waals surface area contributed by atoms with Crippen molar-refractivity contribution in [1.29, 1.82) is 0 Å². The first-order valence-corrected chi connectivity index (χ1v) is 7.05. The molecule has 0 aromatic heterocycles. The number of nitrogens with two attached hydrogens (primary N) is 1. The number of benzene rings is 2. The minimum Gasteiger partial charge on any atom is -0.486 e. The summed E-state index contributed by atoms with van der Waals surface area (Å²) in [6, 6.07) is 13.6. The average Bonchev–Trinajstić information content (AvgIpc) is 2.48. The summed E-state index contributed by atoms with van der Waals surface area (Å²) >= 11 is 6.28. The largest absolute Gasteiger partial charge is 0.486 e. The van der Waals surface area contributed by atoms with E-state index in [-0.39, 0.29) is 6.10 Å². The first kappa shape index (κ1) is 13.3. The molecule has 0 fully saturated rings. The van der Waals surface area contributed by atoms with Gasteiger partial charge in [0.05, 0.1) is 0 Å². The quantitative estimate of drug-likeness (QED) is 0.940. The van der Waals surface area contributed by atoms with Gasteiger partial charge in [0, 0.05) is 16.1 Å². The van der Waals surface area contributed by atoms with Gasteiger partial charge in [-0.25, -0.2) is 0 Å². The minimum absolute atomic E-state index is 0.00358. The number of fused-ring (bicyclic) bond motifs is 1. The lowest BCUT2D eigenvalue weighted by Gasteiger charge is -2.28. The second-order valence-electron chi connectivity index (χ2n) is 4.74. The SMILES string of the molecule is NCCC1COc2cccc(-c3ccccc3Cl)c2O1. The Hall–Kier alpha value is -1.71. The summed E-state index contributed by atoms with van der Waals surface area (Å²) in [5.41, 5.74) is 7.50. The van der Waals surface area contributed by atoms with Crippen LogP contribution in [0, 0.1) is 0 Å². The van der Waals surface area contributed by atoms with Crippen LogP contribution < -0.4 is 15.2 Å². The zero-order valence-corrected chi connectivity index (χ0v) is 11.8. The van der Waals surface area contributed by atoms with Crippen LogP contribution in [-0.2, 0) is 0 Å². The highest BCUT2D eigenvalue weighted by molar-refractivity contribution is 6.33. The van der Waals surface area contributed by atoms with E-state index in [1.165, 1.54) is 0 Å². The molecule has 0 radical (unpaired) electrons. The molecule has 2 aromatic rings. The first-order valence-electron chi connectivity index (χ1n) is 6.67. The van der Waals surface area contributed by atoms with Gasteiger partial charge in [-0.1, -0.05) is 41.9 Å². The molecule has 2 N–H and O–H groups in total. The van der Waals surface area contributed by atoms with Crippen LogP contribution in [0.4, 0.5) is 0 Å². The normalized spacial score (nSPS) is 17.0. The molecular formula is C16H16ClNO2. The predicted molar refractivity (Wildman–Crippen MR) is 80.5 cm³/mol. The lowest BCUT2D eigenvalue weighted by molar-refractivity contribution is 0.0873. The van der Waals surface area contributed by atoms with Crippen LogP contribution in [0.15, 0.2) is 42.5 Å². The van der Waals surface area contributed by atoms with Gasteiger partial charge in [-0.05, 0) is 25.1 Å². The standard InChI is InChI=1S/C16H16ClNO2/c17-14-6-2-1-4-12(14)13-5-3-7-15-16(13)20-11(8-9-18)10-19-15/h1-7,11H,8-10,18H2. The molecule has 3 rings (SSSR count). The fraction of sp³-hybridized carbons (Fsp3) is 0.250. The van der Waals surface area contributed by atoms with Crippen LogP contribution in [0.1, 0.15) is 6.42 Å². The van der Waals surface area contributed by atoms with Crippen molar-refractivity contribution in [3.63, 3.8) is 0 Å². The Morgan fingerprint density at radius 1 is 1.10 bits per heavy atom. The number of hydrogen-bond acceptors (Lipinski definition) is 3. The summed E-state index contributed by atoms with van der Waals surface area (Å²) in [5, 5.41) is 0.699. The van der Waals surface area contributed by atoms with Gasteiger partial charge in [0.25, 0.3) is 0 Å². The molecule has 0 saturated heterocycles. The molecule has 1 heterocycles. The smallest absolute Gasteiger partial charge is 0.169 e. The molecule has 3 nitrogen and oxygen atoms in total. The highest BCUT2D eigenvalue weighted by Gasteiger charge is 2.24. The van der Waals surface area contributed by atoms with Crippen LogP contribution in [0.25, 0.3) is 11.1 Å². The minimum atomic E-state index is -0.00358. The molecule has 0 saturated carbocycles. The van der Waals surface area contributed by atoms with E-state index in [1.807, 2.05) is 42.5 Å². The van der Waals surface area contributed by atoms with E-state index in [2.05, 4.69) is 0 Å². The summed E-state index contributed by atoms with van der Waals surface area (Å²) in [6.07, 6.45) is 0.771. The Kier molecular flexibility index (Phi) is 3.81. The van der Waals surface area contributed by atoms with Crippen LogP contribution >= 0.6 is 11.6 Å². The van der Waals surface area contributed by atoms with Gasteiger partial charge in [-0.2, -0.15) is 0 Å². The highest BCUT2D eigenvalue weighted by atomic mass is 35.5. The van der Waals surface area contributed by atoms with Gasteiger partial charge in [0.2, 0.25) is 0 Å². The molecule has 0 amide bonds. The van der Waals surface area contributed by atoms with Crippen molar-refractivity contribution in [3.8, 4) is 22.6 Å². The third kappa shape index (κ3) is 2.47. The summed E-state index contributed by atoms with van der Waals surface area (Å²) in [6.45, 7) is 1.12. The maximum atomic E-state index is 6.28. The van der Waals surface area contributed by atoms with Crippen LogP contribution in [0.5, 0.6) is 11.5 Å². The molecule has 1 atom stereocenters. The predicted octanol–water partition coefficient (Wildman–Crippen LogP) is 3.50. The van der Waals surface area contributed by atoms with Gasteiger partial charge in [0.15, 0.2) is 11.5 Å². The van der Waals surface area contributed by atoms with Crippen molar-refractivity contribution in [2.24, 2.45) is 5.73 Å². The maximum absolute atomic E-state index is 6.28. The molecule has 20 heavy (non-hydrogen) atoms. The molecule has 1 aliphatic heterocycles. The van der Waals surface area contributed by atoms with E-state index in [4.69, 9.17) is 26.8 Å². The fourth-order valence-electron chi connectivity index (χ4n) is 2.35. The summed E-state index contributed by atoms with van der Waals surface area (Å²) in [7, 11) is 0. The topological polar surface area (TPSA) is 44.5 Å². The number of halogens is 1. The Labute approximate surface area is 123 Å². The summed E-state index contributed by atoms with van der Waals surface area (Å²) < 4.78 is 11.8. The second kappa shape index (κ2) is 5.73. The number of rotatable bonds is 3. The third-order valence-electron chi connectivity index (χ3n) is 3.34. The molecule has 104 valence electrons. The Morgan fingerprint density at radius 2 is 1.90 bits per heavy atom. The number of para-hydroxylation sites is 1. The van der Waals surface area contributed by atoms with E-state index in [9.17, 15) is 0 Å². The van der Waals surface area contributed by atoms with E-state index in [0.29, 0.717) is 18.2 Å². The van der Waals surface area contributed by atoms with Crippen molar-refractivity contribution in [2.45, 2.75) is 12.5 Å². The maximum Gasteiger partial charge on any atom is 0.169 e. The zero-order chi connectivity index (χ0) is 13.9. The first-order chi connectivity index (χ1) is 9.79. The Balaban J connectivity index is 2.04. The molecule has 4 heteroatoms.